The van der Waals surface area contributed by atoms with E-state index in [-0.39, 0.29) is 18.4 Å². The smallest absolute Gasteiger partial charge is 0.310 e. The molecule has 0 atom stereocenters. The molecule has 90 valence electrons. The highest BCUT2D eigenvalue weighted by Crippen LogP contribution is 2.00. The number of halogens is 1. The molecule has 0 spiro atoms. The summed E-state index contributed by atoms with van der Waals surface area (Å²) in [5.41, 5.74) is 0.993. The predicted octanol–water partition coefficient (Wildman–Crippen LogP) is 1.76. The second kappa shape index (κ2) is 8.13. The summed E-state index contributed by atoms with van der Waals surface area (Å²) in [4.78, 5) is 13.3. The van der Waals surface area contributed by atoms with E-state index in [2.05, 4.69) is 0 Å². The fraction of sp³-hybridized carbons (Fsp3) is 0.417. The summed E-state index contributed by atoms with van der Waals surface area (Å²) in [6.45, 7) is 1.22. The van der Waals surface area contributed by atoms with E-state index in [1.807, 2.05) is 49.3 Å². The van der Waals surface area contributed by atoms with E-state index in [9.17, 15) is 4.79 Å². The van der Waals surface area contributed by atoms with Crippen molar-refractivity contribution in [2.24, 2.45) is 0 Å². The van der Waals surface area contributed by atoms with Gasteiger partial charge >= 0.3 is 5.97 Å². The molecule has 0 amide bonds. The Hall–Kier alpha value is -1.06. The molecule has 1 rings (SSSR count). The van der Waals surface area contributed by atoms with Gasteiger partial charge in [0.05, 0.1) is 6.42 Å². The van der Waals surface area contributed by atoms with Gasteiger partial charge in [-0.25, -0.2) is 0 Å². The van der Waals surface area contributed by atoms with Gasteiger partial charge in [0, 0.05) is 6.54 Å². The third kappa shape index (κ3) is 6.43. The van der Waals surface area contributed by atoms with Gasteiger partial charge in [-0.3, -0.25) is 4.79 Å². The van der Waals surface area contributed by atoms with Crippen LogP contribution in [0.15, 0.2) is 30.3 Å². The maximum Gasteiger partial charge on any atom is 0.310 e. The van der Waals surface area contributed by atoms with E-state index in [1.165, 1.54) is 0 Å². The van der Waals surface area contributed by atoms with Crippen molar-refractivity contribution >= 4 is 18.4 Å². The number of esters is 1. The lowest BCUT2D eigenvalue weighted by atomic mass is 10.2. The number of hydrogen-bond acceptors (Lipinski definition) is 3. The summed E-state index contributed by atoms with van der Waals surface area (Å²) in [5.74, 6) is -0.164. The maximum absolute atomic E-state index is 11.4. The van der Waals surface area contributed by atoms with Crippen LogP contribution in [0.1, 0.15) is 5.56 Å². The Bertz CT molecular complexity index is 301. The third-order valence-corrected chi connectivity index (χ3v) is 1.99. The Morgan fingerprint density at radius 3 is 2.44 bits per heavy atom. The highest BCUT2D eigenvalue weighted by molar-refractivity contribution is 5.85. The fourth-order valence-electron chi connectivity index (χ4n) is 1.16. The molecule has 0 N–H and O–H groups in total. The van der Waals surface area contributed by atoms with Crippen LogP contribution in [0.3, 0.4) is 0 Å². The van der Waals surface area contributed by atoms with Crippen molar-refractivity contribution in [3.05, 3.63) is 35.9 Å². The van der Waals surface area contributed by atoms with Crippen LogP contribution >= 0.6 is 12.4 Å². The molecule has 0 unspecified atom stereocenters. The molecule has 0 aliphatic heterocycles. The number of nitrogens with zero attached hydrogens (tertiary/aromatic N) is 1. The standard InChI is InChI=1S/C12H17NO2.ClH/c1-13(2)8-9-15-12(14)10-11-6-4-3-5-7-11;/h3-7H,8-10H2,1-2H3;1H. The first-order chi connectivity index (χ1) is 7.18. The number of hydrogen-bond donors (Lipinski definition) is 0. The van der Waals surface area contributed by atoms with Crippen LogP contribution in [0.25, 0.3) is 0 Å². The lowest BCUT2D eigenvalue weighted by Gasteiger charge is -2.09. The monoisotopic (exact) mass is 243 g/mol. The SMILES string of the molecule is CN(C)CCOC(=O)Cc1ccccc1.Cl. The van der Waals surface area contributed by atoms with Crippen LogP contribution in [0.5, 0.6) is 0 Å². The zero-order valence-electron chi connectivity index (χ0n) is 9.68. The summed E-state index contributed by atoms with van der Waals surface area (Å²) in [7, 11) is 3.90. The minimum atomic E-state index is -0.164. The average molecular weight is 244 g/mol. The molecule has 0 heterocycles. The van der Waals surface area contributed by atoms with Crippen molar-refractivity contribution in [2.75, 3.05) is 27.2 Å². The molecule has 0 saturated heterocycles. The van der Waals surface area contributed by atoms with E-state index >= 15 is 0 Å². The highest BCUT2D eigenvalue weighted by Gasteiger charge is 2.03. The molecule has 0 aliphatic rings. The lowest BCUT2D eigenvalue weighted by Crippen LogP contribution is -2.20. The van der Waals surface area contributed by atoms with Gasteiger partial charge in [0.15, 0.2) is 0 Å². The first-order valence-corrected chi connectivity index (χ1v) is 5.03. The van der Waals surface area contributed by atoms with Crippen LogP contribution in [-0.2, 0) is 16.0 Å². The van der Waals surface area contributed by atoms with E-state index in [0.29, 0.717) is 13.0 Å². The van der Waals surface area contributed by atoms with E-state index < -0.39 is 0 Å². The number of rotatable bonds is 5. The van der Waals surface area contributed by atoms with Gasteiger partial charge in [-0.1, -0.05) is 30.3 Å². The second-order valence-corrected chi connectivity index (χ2v) is 3.69. The van der Waals surface area contributed by atoms with Crippen LogP contribution in [-0.4, -0.2) is 38.1 Å². The lowest BCUT2D eigenvalue weighted by molar-refractivity contribution is -0.143. The topological polar surface area (TPSA) is 29.5 Å². The molecule has 4 heteroatoms. The predicted molar refractivity (Wildman–Crippen MR) is 66.9 cm³/mol. The van der Waals surface area contributed by atoms with Gasteiger partial charge in [-0.05, 0) is 19.7 Å². The quantitative estimate of drug-likeness (QED) is 0.738. The van der Waals surface area contributed by atoms with Crippen molar-refractivity contribution in [1.29, 1.82) is 0 Å². The van der Waals surface area contributed by atoms with Gasteiger partial charge in [-0.15, -0.1) is 12.4 Å². The molecule has 3 nitrogen and oxygen atoms in total. The van der Waals surface area contributed by atoms with Crippen molar-refractivity contribution in [3.63, 3.8) is 0 Å². The summed E-state index contributed by atoms with van der Waals surface area (Å²) >= 11 is 0. The van der Waals surface area contributed by atoms with Gasteiger partial charge in [0.25, 0.3) is 0 Å². The molecule has 0 bridgehead atoms. The average Bonchev–Trinajstić information content (AvgIpc) is 2.18. The van der Waals surface area contributed by atoms with Crippen molar-refractivity contribution in [1.82, 2.24) is 4.90 Å². The van der Waals surface area contributed by atoms with E-state index in [0.717, 1.165) is 12.1 Å². The third-order valence-electron chi connectivity index (χ3n) is 1.99. The molecule has 1 aromatic rings. The normalized spacial score (nSPS) is 9.69. The summed E-state index contributed by atoms with van der Waals surface area (Å²) in [6, 6.07) is 9.62. The fourth-order valence-corrected chi connectivity index (χ4v) is 1.16. The van der Waals surface area contributed by atoms with Crippen LogP contribution in [0, 0.1) is 0 Å². The van der Waals surface area contributed by atoms with Gasteiger partial charge < -0.3 is 9.64 Å². The molecule has 0 aliphatic carbocycles. The molecule has 0 aromatic heterocycles. The van der Waals surface area contributed by atoms with E-state index in [1.54, 1.807) is 0 Å². The van der Waals surface area contributed by atoms with Crippen LogP contribution in [0.2, 0.25) is 0 Å². The Morgan fingerprint density at radius 2 is 1.88 bits per heavy atom. The molecule has 0 fully saturated rings. The van der Waals surface area contributed by atoms with Crippen LogP contribution in [0.4, 0.5) is 0 Å². The number of likely N-dealkylation sites (N-methyl/N-ethyl adjacent to an activating group) is 1. The van der Waals surface area contributed by atoms with Gasteiger partial charge in [-0.2, -0.15) is 0 Å². The first-order valence-electron chi connectivity index (χ1n) is 5.03. The number of benzene rings is 1. The summed E-state index contributed by atoms with van der Waals surface area (Å²) < 4.78 is 5.08. The molecular formula is C12H18ClNO2. The van der Waals surface area contributed by atoms with Crippen molar-refractivity contribution in [2.45, 2.75) is 6.42 Å². The first kappa shape index (κ1) is 14.9. The van der Waals surface area contributed by atoms with Gasteiger partial charge in [0.2, 0.25) is 0 Å². The molecule has 0 radical (unpaired) electrons. The van der Waals surface area contributed by atoms with Crippen molar-refractivity contribution in [3.8, 4) is 0 Å². The largest absolute Gasteiger partial charge is 0.464 e. The Kier molecular flexibility index (Phi) is 7.60. The summed E-state index contributed by atoms with van der Waals surface area (Å²) in [5, 5.41) is 0. The zero-order valence-corrected chi connectivity index (χ0v) is 10.5. The molecule has 0 saturated carbocycles. The Morgan fingerprint density at radius 1 is 1.25 bits per heavy atom. The van der Waals surface area contributed by atoms with E-state index in [4.69, 9.17) is 4.74 Å². The maximum atomic E-state index is 11.4. The van der Waals surface area contributed by atoms with Gasteiger partial charge in [0.1, 0.15) is 6.61 Å². The zero-order chi connectivity index (χ0) is 11.1. The van der Waals surface area contributed by atoms with Crippen LogP contribution < -0.4 is 0 Å². The minimum Gasteiger partial charge on any atom is -0.464 e. The minimum absolute atomic E-state index is 0. The second-order valence-electron chi connectivity index (χ2n) is 3.69. The number of carbonyl (C=O) groups excluding carboxylic acids is 1. The highest BCUT2D eigenvalue weighted by atomic mass is 35.5. The number of ether oxygens (including phenoxy) is 1. The Balaban J connectivity index is 0.00000225. The Labute approximate surface area is 103 Å². The molecule has 1 aromatic carbocycles. The molecule has 16 heavy (non-hydrogen) atoms. The molecular weight excluding hydrogens is 226 g/mol. The number of carbonyl (C=O) groups is 1. The van der Waals surface area contributed by atoms with Crippen molar-refractivity contribution < 1.29 is 9.53 Å². The summed E-state index contributed by atoms with van der Waals surface area (Å²) in [6.07, 6.45) is 0.355.